The van der Waals surface area contributed by atoms with E-state index in [-0.39, 0.29) is 11.8 Å². The first kappa shape index (κ1) is 17.3. The number of nitrogens with zero attached hydrogens (tertiary/aromatic N) is 2. The van der Waals surface area contributed by atoms with Crippen molar-refractivity contribution >= 4 is 11.8 Å². The van der Waals surface area contributed by atoms with E-state index in [2.05, 4.69) is 0 Å². The second-order valence-corrected chi connectivity index (χ2v) is 5.84. The van der Waals surface area contributed by atoms with Crippen LogP contribution in [-0.2, 0) is 16.0 Å². The lowest BCUT2D eigenvalue weighted by Crippen LogP contribution is -2.53. The van der Waals surface area contributed by atoms with Gasteiger partial charge in [0.15, 0.2) is 0 Å². The fourth-order valence-electron chi connectivity index (χ4n) is 2.67. The molecule has 6 nitrogen and oxygen atoms in total. The van der Waals surface area contributed by atoms with Gasteiger partial charge in [0, 0.05) is 32.6 Å². The van der Waals surface area contributed by atoms with Crippen molar-refractivity contribution in [2.75, 3.05) is 33.3 Å². The molecular formula is C17H25N3O3. The van der Waals surface area contributed by atoms with Crippen LogP contribution >= 0.6 is 0 Å². The molecule has 0 radical (unpaired) electrons. The van der Waals surface area contributed by atoms with Crippen LogP contribution in [0.1, 0.15) is 18.9 Å². The Bertz CT molecular complexity index is 535. The maximum Gasteiger partial charge on any atom is 0.239 e. The van der Waals surface area contributed by atoms with Gasteiger partial charge < -0.3 is 20.3 Å². The molecule has 126 valence electrons. The summed E-state index contributed by atoms with van der Waals surface area (Å²) in [4.78, 5) is 27.7. The highest BCUT2D eigenvalue weighted by atomic mass is 16.5. The predicted molar refractivity (Wildman–Crippen MR) is 88.1 cm³/mol. The fourth-order valence-corrected chi connectivity index (χ4v) is 2.67. The van der Waals surface area contributed by atoms with E-state index in [0.29, 0.717) is 39.0 Å². The van der Waals surface area contributed by atoms with Crippen LogP contribution in [0.5, 0.6) is 5.75 Å². The van der Waals surface area contributed by atoms with Crippen molar-refractivity contribution in [2.45, 2.75) is 25.8 Å². The molecular weight excluding hydrogens is 294 g/mol. The summed E-state index contributed by atoms with van der Waals surface area (Å²) in [6.07, 6.45) is 1.19. The first-order valence-corrected chi connectivity index (χ1v) is 7.96. The van der Waals surface area contributed by atoms with Crippen molar-refractivity contribution < 1.29 is 14.3 Å². The van der Waals surface area contributed by atoms with Crippen molar-refractivity contribution in [3.8, 4) is 5.75 Å². The van der Waals surface area contributed by atoms with Gasteiger partial charge in [0.2, 0.25) is 11.8 Å². The summed E-state index contributed by atoms with van der Waals surface area (Å²) in [5.41, 5.74) is 6.73. The Labute approximate surface area is 137 Å². The predicted octanol–water partition coefficient (Wildman–Crippen LogP) is 0.646. The maximum absolute atomic E-state index is 12.3. The molecule has 0 unspecified atom stereocenters. The molecule has 1 aromatic carbocycles. The Balaban J connectivity index is 1.77. The first-order chi connectivity index (χ1) is 11.0. The molecule has 1 atom stereocenters. The molecule has 1 aliphatic rings. The zero-order valence-corrected chi connectivity index (χ0v) is 13.8. The number of rotatable bonds is 5. The van der Waals surface area contributed by atoms with Crippen LogP contribution in [0.25, 0.3) is 0 Å². The highest BCUT2D eigenvalue weighted by Crippen LogP contribution is 2.13. The molecule has 1 heterocycles. The molecule has 1 saturated heterocycles. The van der Waals surface area contributed by atoms with Crippen LogP contribution < -0.4 is 10.5 Å². The van der Waals surface area contributed by atoms with Crippen LogP contribution in [0.15, 0.2) is 24.3 Å². The number of benzene rings is 1. The van der Waals surface area contributed by atoms with Gasteiger partial charge in [0.25, 0.3) is 0 Å². The Morgan fingerprint density at radius 3 is 2.22 bits per heavy atom. The van der Waals surface area contributed by atoms with Gasteiger partial charge in [0.1, 0.15) is 5.75 Å². The number of aryl methyl sites for hydroxylation is 1. The number of amides is 2. The van der Waals surface area contributed by atoms with Gasteiger partial charge in [-0.25, -0.2) is 0 Å². The molecule has 2 amide bonds. The topological polar surface area (TPSA) is 75.9 Å². The summed E-state index contributed by atoms with van der Waals surface area (Å²) in [5.74, 6) is 0.902. The minimum atomic E-state index is -0.479. The quantitative estimate of drug-likeness (QED) is 0.864. The van der Waals surface area contributed by atoms with E-state index in [1.807, 2.05) is 29.2 Å². The van der Waals surface area contributed by atoms with Crippen LogP contribution in [0.2, 0.25) is 0 Å². The monoisotopic (exact) mass is 319 g/mol. The minimum Gasteiger partial charge on any atom is -0.497 e. The molecule has 0 aromatic heterocycles. The SMILES string of the molecule is COc1ccc(CCC(=O)N2CCN(C(=O)[C@@H](C)N)CC2)cc1. The number of hydrogen-bond donors (Lipinski definition) is 1. The molecule has 1 aromatic rings. The van der Waals surface area contributed by atoms with E-state index in [9.17, 15) is 9.59 Å². The Morgan fingerprint density at radius 2 is 1.70 bits per heavy atom. The molecule has 6 heteroatoms. The zero-order valence-electron chi connectivity index (χ0n) is 13.8. The standard InChI is InChI=1S/C17H25N3O3/c1-13(18)17(22)20-11-9-19(10-12-20)16(21)8-5-14-3-6-15(23-2)7-4-14/h3-4,6-7,13H,5,8-12,18H2,1-2H3/t13-/m1/s1. The second-order valence-electron chi connectivity index (χ2n) is 5.84. The lowest BCUT2D eigenvalue weighted by molar-refractivity contribution is -0.140. The Morgan fingerprint density at radius 1 is 1.13 bits per heavy atom. The molecule has 1 aliphatic heterocycles. The molecule has 0 bridgehead atoms. The van der Waals surface area contributed by atoms with Gasteiger partial charge >= 0.3 is 0 Å². The number of piperazine rings is 1. The maximum atomic E-state index is 12.3. The number of ether oxygens (including phenoxy) is 1. The first-order valence-electron chi connectivity index (χ1n) is 7.96. The highest BCUT2D eigenvalue weighted by Gasteiger charge is 2.25. The van der Waals surface area contributed by atoms with Gasteiger partial charge in [-0.15, -0.1) is 0 Å². The third-order valence-corrected chi connectivity index (χ3v) is 4.12. The van der Waals surface area contributed by atoms with Gasteiger partial charge in [-0.3, -0.25) is 9.59 Å². The van der Waals surface area contributed by atoms with Crippen molar-refractivity contribution in [1.29, 1.82) is 0 Å². The molecule has 2 N–H and O–H groups in total. The fraction of sp³-hybridized carbons (Fsp3) is 0.529. The summed E-state index contributed by atoms with van der Waals surface area (Å²) in [7, 11) is 1.63. The summed E-state index contributed by atoms with van der Waals surface area (Å²) in [6, 6.07) is 7.28. The van der Waals surface area contributed by atoms with Crippen molar-refractivity contribution in [1.82, 2.24) is 9.80 Å². The van der Waals surface area contributed by atoms with Crippen LogP contribution in [0, 0.1) is 0 Å². The lowest BCUT2D eigenvalue weighted by atomic mass is 10.1. The van der Waals surface area contributed by atoms with E-state index >= 15 is 0 Å². The van der Waals surface area contributed by atoms with E-state index < -0.39 is 6.04 Å². The minimum absolute atomic E-state index is 0.0460. The zero-order chi connectivity index (χ0) is 16.8. The van der Waals surface area contributed by atoms with Crippen LogP contribution in [-0.4, -0.2) is 60.9 Å². The summed E-state index contributed by atoms with van der Waals surface area (Å²) in [5, 5.41) is 0. The summed E-state index contributed by atoms with van der Waals surface area (Å²) in [6.45, 7) is 3.98. The average molecular weight is 319 g/mol. The van der Waals surface area contributed by atoms with Gasteiger partial charge in [0.05, 0.1) is 13.2 Å². The normalized spacial score (nSPS) is 16.1. The van der Waals surface area contributed by atoms with Gasteiger partial charge in [-0.1, -0.05) is 12.1 Å². The third kappa shape index (κ3) is 4.69. The number of nitrogens with two attached hydrogens (primary N) is 1. The molecule has 1 fully saturated rings. The molecule has 0 saturated carbocycles. The van der Waals surface area contributed by atoms with Crippen molar-refractivity contribution in [3.63, 3.8) is 0 Å². The van der Waals surface area contributed by atoms with E-state index in [1.165, 1.54) is 0 Å². The summed E-state index contributed by atoms with van der Waals surface area (Å²) >= 11 is 0. The third-order valence-electron chi connectivity index (χ3n) is 4.12. The van der Waals surface area contributed by atoms with Crippen LogP contribution in [0.3, 0.4) is 0 Å². The van der Waals surface area contributed by atoms with Crippen molar-refractivity contribution in [2.24, 2.45) is 5.73 Å². The van der Waals surface area contributed by atoms with Crippen molar-refractivity contribution in [3.05, 3.63) is 29.8 Å². The molecule has 23 heavy (non-hydrogen) atoms. The molecule has 0 aliphatic carbocycles. The summed E-state index contributed by atoms with van der Waals surface area (Å²) < 4.78 is 5.12. The molecule has 2 rings (SSSR count). The smallest absolute Gasteiger partial charge is 0.239 e. The number of carbonyl (C=O) groups is 2. The largest absolute Gasteiger partial charge is 0.497 e. The second kappa shape index (κ2) is 7.97. The van der Waals surface area contributed by atoms with E-state index in [1.54, 1.807) is 18.9 Å². The number of methoxy groups -OCH3 is 1. The Hall–Kier alpha value is -2.08. The lowest BCUT2D eigenvalue weighted by Gasteiger charge is -2.35. The van der Waals surface area contributed by atoms with E-state index in [0.717, 1.165) is 11.3 Å². The Kier molecular flexibility index (Phi) is 5.98. The van der Waals surface area contributed by atoms with Crippen LogP contribution in [0.4, 0.5) is 0 Å². The highest BCUT2D eigenvalue weighted by molar-refractivity contribution is 5.82. The van der Waals surface area contributed by atoms with E-state index in [4.69, 9.17) is 10.5 Å². The van der Waals surface area contributed by atoms with Gasteiger partial charge in [-0.2, -0.15) is 0 Å². The number of hydrogen-bond acceptors (Lipinski definition) is 4. The molecule has 0 spiro atoms. The number of carbonyl (C=O) groups excluding carboxylic acids is 2. The average Bonchev–Trinajstić information content (AvgIpc) is 2.59. The van der Waals surface area contributed by atoms with Gasteiger partial charge in [-0.05, 0) is 31.0 Å².